The van der Waals surface area contributed by atoms with Crippen molar-refractivity contribution in [3.63, 3.8) is 0 Å². The molecule has 0 aromatic heterocycles. The maximum absolute atomic E-state index is 8.74. The summed E-state index contributed by atoms with van der Waals surface area (Å²) < 4.78 is 5.66. The van der Waals surface area contributed by atoms with E-state index in [2.05, 4.69) is 25.7 Å². The van der Waals surface area contributed by atoms with E-state index in [1.54, 1.807) is 0 Å². The maximum Gasteiger partial charge on any atom is 0.183 e. The first-order valence-corrected chi connectivity index (χ1v) is 7.44. The lowest BCUT2D eigenvalue weighted by Crippen LogP contribution is -2.28. The Bertz CT molecular complexity index is 185. The molecule has 1 aliphatic carbocycles. The van der Waals surface area contributed by atoms with Gasteiger partial charge >= 0.3 is 0 Å². The van der Waals surface area contributed by atoms with Crippen molar-refractivity contribution in [2.45, 2.75) is 32.5 Å². The van der Waals surface area contributed by atoms with Gasteiger partial charge < -0.3 is 4.43 Å². The van der Waals surface area contributed by atoms with Gasteiger partial charge in [-0.3, -0.25) is 0 Å². The summed E-state index contributed by atoms with van der Waals surface area (Å²) in [5.41, 5.74) is -0.0831. The average Bonchev–Trinajstić information content (AvgIpc) is 2.63. The summed E-state index contributed by atoms with van der Waals surface area (Å²) in [5.74, 6) is 0. The third kappa shape index (κ3) is 2.64. The maximum atomic E-state index is 8.74. The zero-order chi connectivity index (χ0) is 8.54. The van der Waals surface area contributed by atoms with Crippen LogP contribution >= 0.6 is 0 Å². The van der Waals surface area contributed by atoms with E-state index in [0.717, 1.165) is 12.8 Å². The Hall–Kier alpha value is -0.333. The summed E-state index contributed by atoms with van der Waals surface area (Å²) in [6.07, 6.45) is 2.07. The molecule has 0 radical (unpaired) electrons. The third-order valence-corrected chi connectivity index (χ3v) is 2.88. The topological polar surface area (TPSA) is 33.0 Å². The van der Waals surface area contributed by atoms with Gasteiger partial charge in [-0.1, -0.05) is 0 Å². The van der Waals surface area contributed by atoms with Gasteiger partial charge in [0, 0.05) is 0 Å². The predicted molar refractivity (Wildman–Crippen MR) is 46.6 cm³/mol. The fourth-order valence-corrected chi connectivity index (χ4v) is 1.50. The molecule has 0 spiro atoms. The Balaban J connectivity index is 2.29. The molecule has 0 aromatic carbocycles. The van der Waals surface area contributed by atoms with E-state index >= 15 is 0 Å². The van der Waals surface area contributed by atoms with Crippen molar-refractivity contribution in [3.05, 3.63) is 0 Å². The SMILES string of the molecule is C[Si](C)(C)OCC1(C#N)CC1. The second kappa shape index (κ2) is 2.61. The molecule has 3 heteroatoms. The van der Waals surface area contributed by atoms with E-state index in [-0.39, 0.29) is 5.41 Å². The highest BCUT2D eigenvalue weighted by Crippen LogP contribution is 2.45. The van der Waals surface area contributed by atoms with Gasteiger partial charge in [0.1, 0.15) is 0 Å². The molecule has 0 N–H and O–H groups in total. The highest BCUT2D eigenvalue weighted by molar-refractivity contribution is 6.69. The van der Waals surface area contributed by atoms with Crippen molar-refractivity contribution in [3.8, 4) is 6.07 Å². The first-order valence-electron chi connectivity index (χ1n) is 4.03. The summed E-state index contributed by atoms with van der Waals surface area (Å²) in [7, 11) is -1.39. The van der Waals surface area contributed by atoms with Crippen molar-refractivity contribution >= 4 is 8.32 Å². The molecule has 0 atom stereocenters. The van der Waals surface area contributed by atoms with Crippen LogP contribution in [0.2, 0.25) is 19.6 Å². The third-order valence-electron chi connectivity index (χ3n) is 1.87. The molecule has 1 saturated carbocycles. The molecule has 0 amide bonds. The number of rotatable bonds is 3. The van der Waals surface area contributed by atoms with Crippen molar-refractivity contribution in [2.24, 2.45) is 5.41 Å². The number of hydrogen-bond donors (Lipinski definition) is 0. The minimum Gasteiger partial charge on any atom is -0.416 e. The van der Waals surface area contributed by atoms with E-state index < -0.39 is 8.32 Å². The van der Waals surface area contributed by atoms with E-state index in [4.69, 9.17) is 9.69 Å². The molecule has 0 heterocycles. The molecule has 1 aliphatic rings. The lowest BCUT2D eigenvalue weighted by atomic mass is 10.2. The number of nitriles is 1. The minimum absolute atomic E-state index is 0.0831. The Labute approximate surface area is 69.3 Å². The summed E-state index contributed by atoms with van der Waals surface area (Å²) >= 11 is 0. The lowest BCUT2D eigenvalue weighted by Gasteiger charge is -2.18. The summed E-state index contributed by atoms with van der Waals surface area (Å²) in [6.45, 7) is 7.13. The quantitative estimate of drug-likeness (QED) is 0.606. The van der Waals surface area contributed by atoms with Gasteiger partial charge in [-0.25, -0.2) is 0 Å². The van der Waals surface area contributed by atoms with Crippen LogP contribution in [0.1, 0.15) is 12.8 Å². The molecule has 0 saturated heterocycles. The Kier molecular flexibility index (Phi) is 2.08. The fraction of sp³-hybridized carbons (Fsp3) is 0.875. The van der Waals surface area contributed by atoms with Crippen LogP contribution < -0.4 is 0 Å². The molecule has 0 unspecified atom stereocenters. The van der Waals surface area contributed by atoms with Gasteiger partial charge in [-0.05, 0) is 32.5 Å². The Morgan fingerprint density at radius 3 is 2.27 bits per heavy atom. The van der Waals surface area contributed by atoms with Crippen molar-refractivity contribution in [1.82, 2.24) is 0 Å². The Morgan fingerprint density at radius 1 is 1.45 bits per heavy atom. The molecule has 2 nitrogen and oxygen atoms in total. The van der Waals surface area contributed by atoms with E-state index in [1.807, 2.05) is 0 Å². The van der Waals surface area contributed by atoms with E-state index in [0.29, 0.717) is 6.61 Å². The highest BCUT2D eigenvalue weighted by atomic mass is 28.4. The largest absolute Gasteiger partial charge is 0.416 e. The van der Waals surface area contributed by atoms with Crippen LogP contribution in [0, 0.1) is 16.7 Å². The van der Waals surface area contributed by atoms with E-state index in [9.17, 15) is 0 Å². The van der Waals surface area contributed by atoms with Crippen LogP contribution in [-0.4, -0.2) is 14.9 Å². The van der Waals surface area contributed by atoms with Gasteiger partial charge in [-0.15, -0.1) is 0 Å². The van der Waals surface area contributed by atoms with E-state index in [1.165, 1.54) is 0 Å². The van der Waals surface area contributed by atoms with Crippen LogP contribution in [-0.2, 0) is 4.43 Å². The summed E-state index contributed by atoms with van der Waals surface area (Å²) in [5, 5.41) is 8.74. The van der Waals surface area contributed by atoms with Crippen LogP contribution in [0.4, 0.5) is 0 Å². The first kappa shape index (κ1) is 8.76. The first-order chi connectivity index (χ1) is 4.97. The summed E-state index contributed by atoms with van der Waals surface area (Å²) in [4.78, 5) is 0. The minimum atomic E-state index is -1.39. The predicted octanol–water partition coefficient (Wildman–Crippen LogP) is 2.14. The van der Waals surface area contributed by atoms with Gasteiger partial charge in [0.05, 0.1) is 18.1 Å². The molecule has 0 aromatic rings. The van der Waals surface area contributed by atoms with Gasteiger partial charge in [-0.2, -0.15) is 5.26 Å². The molecule has 62 valence electrons. The second-order valence-corrected chi connectivity index (χ2v) is 8.81. The molecule has 0 aliphatic heterocycles. The molecule has 11 heavy (non-hydrogen) atoms. The molecule has 1 fully saturated rings. The van der Waals surface area contributed by atoms with Crippen LogP contribution in [0.3, 0.4) is 0 Å². The lowest BCUT2D eigenvalue weighted by molar-refractivity contribution is 0.262. The Morgan fingerprint density at radius 2 is 2.00 bits per heavy atom. The molecule has 1 rings (SSSR count). The zero-order valence-corrected chi connectivity index (χ0v) is 8.48. The normalized spacial score (nSPS) is 20.9. The summed E-state index contributed by atoms with van der Waals surface area (Å²) in [6, 6.07) is 2.32. The average molecular weight is 169 g/mol. The second-order valence-electron chi connectivity index (χ2n) is 4.29. The molecular formula is C8H15NOSi. The smallest absolute Gasteiger partial charge is 0.183 e. The van der Waals surface area contributed by atoms with Gasteiger partial charge in [0.2, 0.25) is 0 Å². The monoisotopic (exact) mass is 169 g/mol. The van der Waals surface area contributed by atoms with Gasteiger partial charge in [0.25, 0.3) is 0 Å². The number of hydrogen-bond acceptors (Lipinski definition) is 2. The number of nitrogens with zero attached hydrogens (tertiary/aromatic N) is 1. The molecular weight excluding hydrogens is 154 g/mol. The van der Waals surface area contributed by atoms with Crippen molar-refractivity contribution < 1.29 is 4.43 Å². The fourth-order valence-electron chi connectivity index (χ4n) is 0.794. The van der Waals surface area contributed by atoms with Crippen molar-refractivity contribution in [2.75, 3.05) is 6.61 Å². The van der Waals surface area contributed by atoms with Crippen LogP contribution in [0.5, 0.6) is 0 Å². The van der Waals surface area contributed by atoms with Crippen LogP contribution in [0.15, 0.2) is 0 Å². The standard InChI is InChI=1S/C8H15NOSi/c1-11(2,3)10-7-8(6-9)4-5-8/h4-5,7H2,1-3H3. The van der Waals surface area contributed by atoms with Gasteiger partial charge in [0.15, 0.2) is 8.32 Å². The molecule has 0 bridgehead atoms. The highest BCUT2D eigenvalue weighted by Gasteiger charge is 2.44. The zero-order valence-electron chi connectivity index (χ0n) is 7.48. The van der Waals surface area contributed by atoms with Crippen LogP contribution in [0.25, 0.3) is 0 Å². The van der Waals surface area contributed by atoms with Crippen molar-refractivity contribution in [1.29, 1.82) is 5.26 Å².